The molecule has 0 bridgehead atoms. The Bertz CT molecular complexity index is 352. The minimum atomic E-state index is -0.287. The van der Waals surface area contributed by atoms with Crippen LogP contribution in [0.4, 0.5) is 5.69 Å². The van der Waals surface area contributed by atoms with Crippen LogP contribution < -0.4 is 10.6 Å². The number of β-amino-alcohol motifs (C(OH)–C–C–N with tert-alkyl or cyclic N) is 1. The average Bonchev–Trinajstić information content (AvgIpc) is 2.58. The molecular weight excluding hydrogens is 200 g/mol. The number of aliphatic hydroxyl groups excluding tert-OH is 1. The molecule has 3 nitrogen and oxygen atoms in total. The highest BCUT2D eigenvalue weighted by Crippen LogP contribution is 2.37. The Morgan fingerprint density at radius 3 is 2.94 bits per heavy atom. The van der Waals surface area contributed by atoms with Crippen LogP contribution in [0, 0.1) is 0 Å². The lowest BCUT2D eigenvalue weighted by atomic mass is 9.98. The fourth-order valence-electron chi connectivity index (χ4n) is 2.52. The van der Waals surface area contributed by atoms with Gasteiger partial charge in [-0.15, -0.1) is 0 Å². The third-order valence-electron chi connectivity index (χ3n) is 3.16. The fourth-order valence-corrected chi connectivity index (χ4v) is 2.52. The first-order chi connectivity index (χ1) is 7.72. The van der Waals surface area contributed by atoms with Crippen LogP contribution in [0.15, 0.2) is 24.3 Å². The summed E-state index contributed by atoms with van der Waals surface area (Å²) >= 11 is 0. The van der Waals surface area contributed by atoms with E-state index in [-0.39, 0.29) is 6.10 Å². The monoisotopic (exact) mass is 220 g/mol. The lowest BCUT2D eigenvalue weighted by Gasteiger charge is -2.21. The zero-order valence-corrected chi connectivity index (χ0v) is 9.76. The fraction of sp³-hybridized carbons (Fsp3) is 0.538. The zero-order chi connectivity index (χ0) is 11.5. The maximum Gasteiger partial charge on any atom is 0.0687 e. The highest BCUT2D eigenvalue weighted by Gasteiger charge is 2.27. The van der Waals surface area contributed by atoms with Gasteiger partial charge in [-0.3, -0.25) is 0 Å². The average molecular weight is 220 g/mol. The molecule has 2 rings (SSSR count). The Balaban J connectivity index is 2.21. The highest BCUT2D eigenvalue weighted by molar-refractivity contribution is 5.60. The standard InChI is InChI=1S/C13H20N2O/c1-10(16)8-15-9-11(6-7-14)12-4-2-3-5-13(12)15/h2-5,10-11,16H,6-9,14H2,1H3/t10-,11?/m0/s1. The van der Waals surface area contributed by atoms with Crippen LogP contribution in [0.5, 0.6) is 0 Å². The van der Waals surface area contributed by atoms with Gasteiger partial charge < -0.3 is 15.7 Å². The molecule has 2 atom stereocenters. The predicted octanol–water partition coefficient (Wildman–Crippen LogP) is 1.32. The number of nitrogens with zero attached hydrogens (tertiary/aromatic N) is 1. The quantitative estimate of drug-likeness (QED) is 0.804. The van der Waals surface area contributed by atoms with E-state index in [1.54, 1.807) is 0 Å². The van der Waals surface area contributed by atoms with Crippen LogP contribution in [-0.4, -0.2) is 30.8 Å². The Kier molecular flexibility index (Phi) is 3.46. The van der Waals surface area contributed by atoms with E-state index in [0.29, 0.717) is 12.5 Å². The van der Waals surface area contributed by atoms with Gasteiger partial charge in [0, 0.05) is 24.7 Å². The molecule has 16 heavy (non-hydrogen) atoms. The molecule has 3 heteroatoms. The minimum Gasteiger partial charge on any atom is -0.392 e. The smallest absolute Gasteiger partial charge is 0.0687 e. The molecule has 0 aromatic heterocycles. The molecule has 0 fully saturated rings. The van der Waals surface area contributed by atoms with E-state index in [4.69, 9.17) is 5.73 Å². The van der Waals surface area contributed by atoms with Crippen molar-refractivity contribution in [1.29, 1.82) is 0 Å². The summed E-state index contributed by atoms with van der Waals surface area (Å²) in [6.45, 7) is 4.25. The van der Waals surface area contributed by atoms with Gasteiger partial charge in [0.05, 0.1) is 6.10 Å². The zero-order valence-electron chi connectivity index (χ0n) is 9.76. The second-order valence-electron chi connectivity index (χ2n) is 4.59. The number of fused-ring (bicyclic) bond motifs is 1. The number of benzene rings is 1. The lowest BCUT2D eigenvalue weighted by Crippen LogP contribution is -2.30. The molecular formula is C13H20N2O. The van der Waals surface area contributed by atoms with E-state index in [1.165, 1.54) is 11.3 Å². The van der Waals surface area contributed by atoms with Gasteiger partial charge in [0.15, 0.2) is 0 Å². The molecule has 0 saturated heterocycles. The molecule has 0 radical (unpaired) electrons. The number of anilines is 1. The van der Waals surface area contributed by atoms with Crippen molar-refractivity contribution in [3.63, 3.8) is 0 Å². The van der Waals surface area contributed by atoms with Crippen LogP contribution in [0.3, 0.4) is 0 Å². The van der Waals surface area contributed by atoms with Crippen molar-refractivity contribution in [1.82, 2.24) is 0 Å². The van der Waals surface area contributed by atoms with Gasteiger partial charge in [0.1, 0.15) is 0 Å². The molecule has 1 aliphatic rings. The van der Waals surface area contributed by atoms with Gasteiger partial charge in [-0.2, -0.15) is 0 Å². The van der Waals surface area contributed by atoms with Gasteiger partial charge >= 0.3 is 0 Å². The second kappa shape index (κ2) is 4.85. The predicted molar refractivity (Wildman–Crippen MR) is 66.7 cm³/mol. The lowest BCUT2D eigenvalue weighted by molar-refractivity contribution is 0.200. The van der Waals surface area contributed by atoms with Gasteiger partial charge in [-0.1, -0.05) is 18.2 Å². The molecule has 1 aliphatic heterocycles. The van der Waals surface area contributed by atoms with E-state index in [2.05, 4.69) is 29.2 Å². The van der Waals surface area contributed by atoms with E-state index >= 15 is 0 Å². The largest absolute Gasteiger partial charge is 0.392 e. The summed E-state index contributed by atoms with van der Waals surface area (Å²) in [5.41, 5.74) is 8.29. The third-order valence-corrected chi connectivity index (χ3v) is 3.16. The summed E-state index contributed by atoms with van der Waals surface area (Å²) in [6.07, 6.45) is 0.734. The van der Waals surface area contributed by atoms with E-state index in [1.807, 2.05) is 6.92 Å². The van der Waals surface area contributed by atoms with Gasteiger partial charge in [0.2, 0.25) is 0 Å². The molecule has 1 heterocycles. The number of rotatable bonds is 4. The normalized spacial score (nSPS) is 20.9. The topological polar surface area (TPSA) is 49.5 Å². The van der Waals surface area contributed by atoms with Crippen molar-refractivity contribution in [2.75, 3.05) is 24.5 Å². The second-order valence-corrected chi connectivity index (χ2v) is 4.59. The number of hydrogen-bond donors (Lipinski definition) is 2. The Hall–Kier alpha value is -1.06. The maximum atomic E-state index is 9.49. The van der Waals surface area contributed by atoms with Gasteiger partial charge in [-0.05, 0) is 31.5 Å². The molecule has 1 aromatic rings. The minimum absolute atomic E-state index is 0.287. The van der Waals surface area contributed by atoms with Crippen molar-refractivity contribution in [2.24, 2.45) is 5.73 Å². The molecule has 0 amide bonds. The molecule has 3 N–H and O–H groups in total. The molecule has 1 unspecified atom stereocenters. The molecule has 0 aliphatic carbocycles. The maximum absolute atomic E-state index is 9.49. The Labute approximate surface area is 96.9 Å². The van der Waals surface area contributed by atoms with Crippen LogP contribution in [0.25, 0.3) is 0 Å². The summed E-state index contributed by atoms with van der Waals surface area (Å²) in [7, 11) is 0. The Morgan fingerprint density at radius 2 is 2.25 bits per heavy atom. The van der Waals surface area contributed by atoms with Crippen molar-refractivity contribution in [2.45, 2.75) is 25.4 Å². The van der Waals surface area contributed by atoms with Crippen LogP contribution in [0.2, 0.25) is 0 Å². The van der Waals surface area contributed by atoms with Crippen LogP contribution >= 0.6 is 0 Å². The first-order valence-electron chi connectivity index (χ1n) is 5.94. The van der Waals surface area contributed by atoms with Gasteiger partial charge in [0.25, 0.3) is 0 Å². The summed E-state index contributed by atoms with van der Waals surface area (Å²) in [5, 5.41) is 9.49. The molecule has 88 valence electrons. The molecule has 0 saturated carbocycles. The first kappa shape index (κ1) is 11.4. The Morgan fingerprint density at radius 1 is 1.50 bits per heavy atom. The van der Waals surface area contributed by atoms with Crippen LogP contribution in [-0.2, 0) is 0 Å². The summed E-state index contributed by atoms with van der Waals surface area (Å²) in [4.78, 5) is 2.26. The van der Waals surface area contributed by atoms with Crippen molar-refractivity contribution in [3.05, 3.63) is 29.8 Å². The van der Waals surface area contributed by atoms with Gasteiger partial charge in [-0.25, -0.2) is 0 Å². The summed E-state index contributed by atoms with van der Waals surface area (Å²) < 4.78 is 0. The van der Waals surface area contributed by atoms with Crippen molar-refractivity contribution in [3.8, 4) is 0 Å². The van der Waals surface area contributed by atoms with Crippen molar-refractivity contribution < 1.29 is 5.11 Å². The third kappa shape index (κ3) is 2.20. The summed E-state index contributed by atoms with van der Waals surface area (Å²) in [5.74, 6) is 0.528. The van der Waals surface area contributed by atoms with E-state index in [0.717, 1.165) is 19.5 Å². The van der Waals surface area contributed by atoms with E-state index < -0.39 is 0 Å². The number of aliphatic hydroxyl groups is 1. The highest BCUT2D eigenvalue weighted by atomic mass is 16.3. The summed E-state index contributed by atoms with van der Waals surface area (Å²) in [6, 6.07) is 8.44. The molecule has 0 spiro atoms. The van der Waals surface area contributed by atoms with Crippen LogP contribution in [0.1, 0.15) is 24.8 Å². The van der Waals surface area contributed by atoms with Crippen molar-refractivity contribution >= 4 is 5.69 Å². The first-order valence-corrected chi connectivity index (χ1v) is 5.94. The number of para-hydroxylation sites is 1. The number of hydrogen-bond acceptors (Lipinski definition) is 3. The van der Waals surface area contributed by atoms with E-state index in [9.17, 15) is 5.11 Å². The molecule has 1 aromatic carbocycles. The number of nitrogens with two attached hydrogens (primary N) is 1. The SMILES string of the molecule is C[C@H](O)CN1CC(CCN)c2ccccc21.